The number of hydrogen-bond acceptors (Lipinski definition) is 5. The standard InChI is InChI=1S/C18H20N4O3/c1-8-5-6-12(23)10(3)15(8)22-11-7-9(2)21-18(25-4)13(11)14(16(22)19)17(20)24/h5-7,23H,19H2,1-4H3,(H2,20,24). The van der Waals surface area contributed by atoms with Crippen molar-refractivity contribution in [2.75, 3.05) is 12.8 Å². The van der Waals surface area contributed by atoms with Crippen LogP contribution in [0.1, 0.15) is 27.2 Å². The Morgan fingerprint density at radius 3 is 2.56 bits per heavy atom. The molecule has 1 amide bonds. The molecule has 3 aromatic rings. The van der Waals surface area contributed by atoms with Gasteiger partial charge in [0, 0.05) is 11.3 Å². The second-order valence-corrected chi connectivity index (χ2v) is 6.00. The molecule has 0 saturated heterocycles. The topological polar surface area (TPSA) is 116 Å². The molecular weight excluding hydrogens is 320 g/mol. The molecule has 0 aliphatic carbocycles. The first-order chi connectivity index (χ1) is 11.8. The summed E-state index contributed by atoms with van der Waals surface area (Å²) >= 11 is 0. The number of aromatic nitrogens is 2. The van der Waals surface area contributed by atoms with Crippen molar-refractivity contribution in [3.63, 3.8) is 0 Å². The Hall–Kier alpha value is -3.22. The number of rotatable bonds is 3. The third kappa shape index (κ3) is 2.36. The van der Waals surface area contributed by atoms with Gasteiger partial charge < -0.3 is 21.3 Å². The van der Waals surface area contributed by atoms with Crippen LogP contribution in [0.5, 0.6) is 11.6 Å². The van der Waals surface area contributed by atoms with Crippen LogP contribution in [0.25, 0.3) is 16.6 Å². The number of benzene rings is 1. The van der Waals surface area contributed by atoms with Gasteiger partial charge in [-0.3, -0.25) is 9.36 Å². The molecule has 0 saturated carbocycles. The van der Waals surface area contributed by atoms with Gasteiger partial charge in [-0.15, -0.1) is 0 Å². The van der Waals surface area contributed by atoms with Crippen molar-refractivity contribution in [2.24, 2.45) is 5.73 Å². The molecule has 0 aliphatic rings. The number of ether oxygens (including phenoxy) is 1. The Balaban J connectivity index is 2.58. The molecule has 0 unspecified atom stereocenters. The number of phenolic OH excluding ortho intramolecular Hbond substituents is 1. The van der Waals surface area contributed by atoms with E-state index in [-0.39, 0.29) is 23.0 Å². The second-order valence-electron chi connectivity index (χ2n) is 6.00. The number of hydrogen-bond donors (Lipinski definition) is 3. The highest BCUT2D eigenvalue weighted by Gasteiger charge is 2.26. The Labute approximate surface area is 144 Å². The van der Waals surface area contributed by atoms with E-state index < -0.39 is 5.91 Å². The van der Waals surface area contributed by atoms with Gasteiger partial charge in [-0.25, -0.2) is 4.98 Å². The van der Waals surface area contributed by atoms with E-state index in [1.807, 2.05) is 19.9 Å². The van der Waals surface area contributed by atoms with E-state index in [2.05, 4.69) is 4.98 Å². The maximum atomic E-state index is 12.1. The lowest BCUT2D eigenvalue weighted by atomic mass is 10.1. The number of primary amides is 1. The van der Waals surface area contributed by atoms with Crippen LogP contribution >= 0.6 is 0 Å². The molecule has 3 rings (SSSR count). The Morgan fingerprint density at radius 1 is 1.28 bits per heavy atom. The zero-order valence-electron chi connectivity index (χ0n) is 14.5. The monoisotopic (exact) mass is 340 g/mol. The van der Waals surface area contributed by atoms with Crippen LogP contribution in [-0.2, 0) is 0 Å². The van der Waals surface area contributed by atoms with E-state index in [4.69, 9.17) is 16.2 Å². The molecule has 0 fully saturated rings. The highest BCUT2D eigenvalue weighted by molar-refractivity contribution is 6.13. The van der Waals surface area contributed by atoms with Gasteiger partial charge in [-0.1, -0.05) is 6.07 Å². The fourth-order valence-corrected chi connectivity index (χ4v) is 3.22. The van der Waals surface area contributed by atoms with E-state index >= 15 is 0 Å². The number of anilines is 1. The quantitative estimate of drug-likeness (QED) is 0.676. The fraction of sp³-hybridized carbons (Fsp3) is 0.222. The van der Waals surface area contributed by atoms with Gasteiger partial charge in [0.2, 0.25) is 5.88 Å². The number of fused-ring (bicyclic) bond motifs is 1. The molecule has 0 radical (unpaired) electrons. The lowest BCUT2D eigenvalue weighted by Crippen LogP contribution is -2.14. The summed E-state index contributed by atoms with van der Waals surface area (Å²) in [6.07, 6.45) is 0. The molecule has 130 valence electrons. The summed E-state index contributed by atoms with van der Waals surface area (Å²) in [7, 11) is 1.48. The minimum atomic E-state index is -0.666. The molecule has 1 aromatic carbocycles. The van der Waals surface area contributed by atoms with Crippen LogP contribution in [0, 0.1) is 20.8 Å². The average molecular weight is 340 g/mol. The molecule has 5 N–H and O–H groups in total. The van der Waals surface area contributed by atoms with Gasteiger partial charge >= 0.3 is 0 Å². The predicted molar refractivity (Wildman–Crippen MR) is 96.4 cm³/mol. The molecule has 2 aromatic heterocycles. The van der Waals surface area contributed by atoms with Crippen LogP contribution in [0.4, 0.5) is 5.82 Å². The molecule has 7 nitrogen and oxygen atoms in total. The predicted octanol–water partition coefficient (Wildman–Crippen LogP) is 2.35. The van der Waals surface area contributed by atoms with Crippen molar-refractivity contribution in [3.8, 4) is 17.3 Å². The van der Waals surface area contributed by atoms with Gasteiger partial charge in [-0.2, -0.15) is 0 Å². The van der Waals surface area contributed by atoms with E-state index in [0.717, 1.165) is 5.56 Å². The summed E-state index contributed by atoms with van der Waals surface area (Å²) < 4.78 is 7.07. The SMILES string of the molecule is COc1nc(C)cc2c1c(C(N)=O)c(N)n2-c1c(C)ccc(O)c1C. The number of nitrogens with zero attached hydrogens (tertiary/aromatic N) is 2. The lowest BCUT2D eigenvalue weighted by Gasteiger charge is -2.16. The first kappa shape index (κ1) is 16.6. The van der Waals surface area contributed by atoms with Crippen molar-refractivity contribution in [1.82, 2.24) is 9.55 Å². The van der Waals surface area contributed by atoms with Gasteiger partial charge in [0.1, 0.15) is 11.6 Å². The summed E-state index contributed by atoms with van der Waals surface area (Å²) in [5.74, 6) is -0.0596. The Bertz CT molecular complexity index is 1020. The average Bonchev–Trinajstić information content (AvgIpc) is 2.83. The van der Waals surface area contributed by atoms with Crippen molar-refractivity contribution in [1.29, 1.82) is 0 Å². The van der Waals surface area contributed by atoms with E-state index in [1.165, 1.54) is 7.11 Å². The van der Waals surface area contributed by atoms with Crippen molar-refractivity contribution < 1.29 is 14.6 Å². The number of aromatic hydroxyl groups is 1. The van der Waals surface area contributed by atoms with Crippen molar-refractivity contribution in [3.05, 3.63) is 40.6 Å². The van der Waals surface area contributed by atoms with Crippen molar-refractivity contribution >= 4 is 22.6 Å². The molecule has 2 heterocycles. The number of pyridine rings is 1. The van der Waals surface area contributed by atoms with Gasteiger partial charge in [-0.05, 0) is 38.5 Å². The highest BCUT2D eigenvalue weighted by atomic mass is 16.5. The van der Waals surface area contributed by atoms with E-state index in [9.17, 15) is 9.90 Å². The van der Waals surface area contributed by atoms with Crippen molar-refractivity contribution in [2.45, 2.75) is 20.8 Å². The van der Waals surface area contributed by atoms with Crippen LogP contribution < -0.4 is 16.2 Å². The molecule has 0 atom stereocenters. The third-order valence-corrected chi connectivity index (χ3v) is 4.35. The molecule has 25 heavy (non-hydrogen) atoms. The number of carbonyl (C=O) groups is 1. The Kier molecular flexibility index (Phi) is 3.79. The number of aryl methyl sites for hydroxylation is 2. The summed E-state index contributed by atoms with van der Waals surface area (Å²) in [6, 6.07) is 5.22. The minimum Gasteiger partial charge on any atom is -0.508 e. The number of nitrogen functional groups attached to an aromatic ring is 1. The van der Waals surface area contributed by atoms with Crippen LogP contribution in [0.2, 0.25) is 0 Å². The summed E-state index contributed by atoms with van der Waals surface area (Å²) in [5, 5.41) is 10.6. The third-order valence-electron chi connectivity index (χ3n) is 4.35. The van der Waals surface area contributed by atoms with Gasteiger partial charge in [0.15, 0.2) is 0 Å². The zero-order valence-corrected chi connectivity index (χ0v) is 14.5. The smallest absolute Gasteiger partial charge is 0.253 e. The molecular formula is C18H20N4O3. The number of carbonyl (C=O) groups excluding carboxylic acids is 1. The maximum absolute atomic E-state index is 12.1. The Morgan fingerprint density at radius 2 is 1.96 bits per heavy atom. The van der Waals surface area contributed by atoms with Gasteiger partial charge in [0.05, 0.1) is 29.3 Å². The molecule has 0 bridgehead atoms. The van der Waals surface area contributed by atoms with Crippen LogP contribution in [0.3, 0.4) is 0 Å². The summed E-state index contributed by atoms with van der Waals surface area (Å²) in [5.41, 5.74) is 15.6. The lowest BCUT2D eigenvalue weighted by molar-refractivity contribution is 0.100. The molecule has 0 aliphatic heterocycles. The first-order valence-electron chi connectivity index (χ1n) is 7.72. The fourth-order valence-electron chi connectivity index (χ4n) is 3.22. The normalized spacial score (nSPS) is 11.0. The molecule has 7 heteroatoms. The largest absolute Gasteiger partial charge is 0.508 e. The van der Waals surface area contributed by atoms with Crippen LogP contribution in [-0.4, -0.2) is 27.7 Å². The summed E-state index contributed by atoms with van der Waals surface area (Å²) in [4.78, 5) is 16.4. The van der Waals surface area contributed by atoms with E-state index in [0.29, 0.717) is 27.8 Å². The molecule has 0 spiro atoms. The number of methoxy groups -OCH3 is 1. The number of phenols is 1. The van der Waals surface area contributed by atoms with E-state index in [1.54, 1.807) is 23.6 Å². The summed E-state index contributed by atoms with van der Waals surface area (Å²) in [6.45, 7) is 5.52. The van der Waals surface area contributed by atoms with Crippen LogP contribution in [0.15, 0.2) is 18.2 Å². The first-order valence-corrected chi connectivity index (χ1v) is 7.72. The maximum Gasteiger partial charge on any atom is 0.253 e. The number of amides is 1. The second kappa shape index (κ2) is 5.70. The number of nitrogens with two attached hydrogens (primary N) is 2. The van der Waals surface area contributed by atoms with Gasteiger partial charge in [0.25, 0.3) is 5.91 Å². The highest BCUT2D eigenvalue weighted by Crippen LogP contribution is 2.39. The minimum absolute atomic E-state index is 0.139. The zero-order chi connectivity index (χ0) is 18.5.